The molecule has 0 aliphatic rings. The summed E-state index contributed by atoms with van der Waals surface area (Å²) in [5.41, 5.74) is 1.06. The van der Waals surface area contributed by atoms with Crippen molar-refractivity contribution >= 4 is 58.1 Å². The van der Waals surface area contributed by atoms with Crippen molar-refractivity contribution in [3.63, 3.8) is 0 Å². The van der Waals surface area contributed by atoms with E-state index in [1.54, 1.807) is 18.8 Å². The highest BCUT2D eigenvalue weighted by atomic mass is 79.9. The van der Waals surface area contributed by atoms with Crippen molar-refractivity contribution in [2.75, 3.05) is 19.3 Å². The Balaban J connectivity index is 2.09. The fourth-order valence-corrected chi connectivity index (χ4v) is 3.17. The summed E-state index contributed by atoms with van der Waals surface area (Å²) in [4.78, 5) is 11.1. The van der Waals surface area contributed by atoms with E-state index in [0.717, 1.165) is 21.7 Å². The molecule has 0 saturated heterocycles. The molecule has 1 rings (SSSR count). The molecule has 1 aromatic heterocycles. The minimum atomic E-state index is -0.182. The van der Waals surface area contributed by atoms with Crippen LogP contribution >= 0.6 is 52.0 Å². The van der Waals surface area contributed by atoms with Gasteiger partial charge in [0.1, 0.15) is 0 Å². The van der Waals surface area contributed by atoms with Crippen molar-refractivity contribution in [3.8, 4) is 0 Å². The molecule has 8 heteroatoms. The van der Waals surface area contributed by atoms with Gasteiger partial charge in [-0.2, -0.15) is 16.1 Å². The third kappa shape index (κ3) is 4.94. The molecule has 4 nitrogen and oxygen atoms in total. The quantitative estimate of drug-likeness (QED) is 0.639. The first kappa shape index (κ1) is 14.1. The third-order valence-corrected chi connectivity index (χ3v) is 4.46. The minimum absolute atomic E-state index is 0.182. The predicted octanol–water partition coefficient (Wildman–Crippen LogP) is 2.63. The number of aromatic nitrogens is 1. The first-order valence-corrected chi connectivity index (χ1v) is 7.66. The number of halogens is 1. The van der Waals surface area contributed by atoms with Crippen molar-refractivity contribution < 1.29 is 4.79 Å². The minimum Gasteiger partial charge on any atom is -0.336 e. The predicted molar refractivity (Wildman–Crippen MR) is 76.1 cm³/mol. The normalized spacial score (nSPS) is 10.2. The summed E-state index contributed by atoms with van der Waals surface area (Å²) >= 11 is 10.5. The molecule has 90 valence electrons. The van der Waals surface area contributed by atoms with Crippen molar-refractivity contribution in [2.24, 2.45) is 0 Å². The Morgan fingerprint density at radius 3 is 3.12 bits per heavy atom. The van der Waals surface area contributed by atoms with Crippen LogP contribution in [0.1, 0.15) is 5.69 Å². The average molecular weight is 342 g/mol. The summed E-state index contributed by atoms with van der Waals surface area (Å²) in [5, 5.41) is 4.70. The largest absolute Gasteiger partial charge is 0.336 e. The van der Waals surface area contributed by atoms with Crippen LogP contribution in [-0.4, -0.2) is 34.1 Å². The number of carbonyl (C=O) groups excluding carboxylic acids is 1. The van der Waals surface area contributed by atoms with Crippen LogP contribution in [0.15, 0.2) is 9.85 Å². The maximum atomic E-state index is 11.1. The maximum absolute atomic E-state index is 11.1. The SMILES string of the molecule is CN(S)C(=O)NCCSCc1nscc1Br. The number of nitrogens with one attached hydrogen (secondary N) is 1. The van der Waals surface area contributed by atoms with Gasteiger partial charge >= 0.3 is 6.03 Å². The van der Waals surface area contributed by atoms with Gasteiger partial charge in [0.25, 0.3) is 0 Å². The number of thiol groups is 1. The molecule has 1 heterocycles. The van der Waals surface area contributed by atoms with Crippen LogP contribution in [0, 0.1) is 0 Å². The fourth-order valence-electron chi connectivity index (χ4n) is 0.857. The van der Waals surface area contributed by atoms with Gasteiger partial charge < -0.3 is 5.32 Å². The van der Waals surface area contributed by atoms with Gasteiger partial charge in [-0.25, -0.2) is 4.79 Å². The average Bonchev–Trinajstić information content (AvgIpc) is 2.63. The summed E-state index contributed by atoms with van der Waals surface area (Å²) in [6, 6.07) is -0.182. The van der Waals surface area contributed by atoms with Gasteiger partial charge in [0.2, 0.25) is 0 Å². The van der Waals surface area contributed by atoms with E-state index in [0.29, 0.717) is 6.54 Å². The topological polar surface area (TPSA) is 45.2 Å². The number of amides is 2. The standard InChI is InChI=1S/C8H12BrN3OS3/c1-12(14)8(13)10-2-3-15-5-7-6(9)4-16-11-7/h4,14H,2-3,5H2,1H3,(H,10,13). The first-order valence-electron chi connectivity index (χ1n) is 4.48. The van der Waals surface area contributed by atoms with E-state index in [9.17, 15) is 4.79 Å². The Morgan fingerprint density at radius 1 is 1.81 bits per heavy atom. The van der Waals surface area contributed by atoms with Crippen LogP contribution in [-0.2, 0) is 5.75 Å². The van der Waals surface area contributed by atoms with Crippen molar-refractivity contribution in [2.45, 2.75) is 5.75 Å². The second-order valence-electron chi connectivity index (χ2n) is 2.92. The molecule has 1 aromatic rings. The zero-order chi connectivity index (χ0) is 12.0. The zero-order valence-electron chi connectivity index (χ0n) is 8.64. The van der Waals surface area contributed by atoms with E-state index >= 15 is 0 Å². The molecule has 0 radical (unpaired) electrons. The number of hydrogen-bond donors (Lipinski definition) is 2. The zero-order valence-corrected chi connectivity index (χ0v) is 12.8. The Bertz CT molecular complexity index is 345. The second-order valence-corrected chi connectivity index (χ2v) is 6.11. The molecular formula is C8H12BrN3OS3. The number of thioether (sulfide) groups is 1. The van der Waals surface area contributed by atoms with Crippen LogP contribution in [0.25, 0.3) is 0 Å². The van der Waals surface area contributed by atoms with Gasteiger partial charge in [0, 0.05) is 30.5 Å². The summed E-state index contributed by atoms with van der Waals surface area (Å²) in [6.45, 7) is 0.635. The number of urea groups is 1. The van der Waals surface area contributed by atoms with Gasteiger partial charge in [-0.3, -0.25) is 4.31 Å². The molecule has 0 spiro atoms. The monoisotopic (exact) mass is 341 g/mol. The second kappa shape index (κ2) is 7.41. The fraction of sp³-hybridized carbons (Fsp3) is 0.500. The lowest BCUT2D eigenvalue weighted by Gasteiger charge is -2.09. The van der Waals surface area contributed by atoms with Crippen LogP contribution in [0.2, 0.25) is 0 Å². The molecular weight excluding hydrogens is 330 g/mol. The highest BCUT2D eigenvalue weighted by molar-refractivity contribution is 9.10. The van der Waals surface area contributed by atoms with Crippen molar-refractivity contribution in [3.05, 3.63) is 15.5 Å². The van der Waals surface area contributed by atoms with Gasteiger partial charge in [-0.1, -0.05) is 12.8 Å². The highest BCUT2D eigenvalue weighted by Gasteiger charge is 2.04. The first-order chi connectivity index (χ1) is 7.61. The number of hydrogen-bond acceptors (Lipinski definition) is 5. The van der Waals surface area contributed by atoms with E-state index in [-0.39, 0.29) is 6.03 Å². The molecule has 0 bridgehead atoms. The van der Waals surface area contributed by atoms with E-state index < -0.39 is 0 Å². The number of carbonyl (C=O) groups is 1. The van der Waals surface area contributed by atoms with Crippen molar-refractivity contribution in [1.82, 2.24) is 14.0 Å². The van der Waals surface area contributed by atoms with Gasteiger partial charge in [0.05, 0.1) is 10.2 Å². The molecule has 0 aliphatic carbocycles. The van der Waals surface area contributed by atoms with Gasteiger partial charge in [0.15, 0.2) is 0 Å². The lowest BCUT2D eigenvalue weighted by Crippen LogP contribution is -2.32. The summed E-state index contributed by atoms with van der Waals surface area (Å²) in [7, 11) is 1.60. The third-order valence-electron chi connectivity index (χ3n) is 1.65. The Morgan fingerprint density at radius 2 is 2.56 bits per heavy atom. The van der Waals surface area contributed by atoms with Gasteiger partial charge in [-0.05, 0) is 27.5 Å². The van der Waals surface area contributed by atoms with E-state index in [4.69, 9.17) is 0 Å². The molecule has 0 saturated carbocycles. The highest BCUT2D eigenvalue weighted by Crippen LogP contribution is 2.21. The lowest BCUT2D eigenvalue weighted by molar-refractivity contribution is 0.231. The Hall–Kier alpha value is 0.0800. The Labute approximate surface area is 117 Å². The van der Waals surface area contributed by atoms with Crippen LogP contribution < -0.4 is 5.32 Å². The van der Waals surface area contributed by atoms with E-state index in [1.165, 1.54) is 15.8 Å². The molecule has 1 N–H and O–H groups in total. The van der Waals surface area contributed by atoms with Crippen LogP contribution in [0.5, 0.6) is 0 Å². The lowest BCUT2D eigenvalue weighted by atomic mass is 10.5. The Kier molecular flexibility index (Phi) is 6.55. The summed E-state index contributed by atoms with van der Waals surface area (Å²) < 4.78 is 6.53. The number of nitrogens with zero attached hydrogens (tertiary/aromatic N) is 2. The van der Waals surface area contributed by atoms with E-state index in [2.05, 4.69) is 38.4 Å². The smallest absolute Gasteiger partial charge is 0.326 e. The molecule has 16 heavy (non-hydrogen) atoms. The summed E-state index contributed by atoms with van der Waals surface area (Å²) in [6.07, 6.45) is 0. The van der Waals surface area contributed by atoms with Crippen molar-refractivity contribution in [1.29, 1.82) is 0 Å². The van der Waals surface area contributed by atoms with Crippen LogP contribution in [0.4, 0.5) is 4.79 Å². The number of rotatable bonds is 5. The molecule has 0 atom stereocenters. The van der Waals surface area contributed by atoms with E-state index in [1.807, 2.05) is 5.38 Å². The maximum Gasteiger partial charge on any atom is 0.326 e. The molecule has 0 fully saturated rings. The molecule has 0 aliphatic heterocycles. The molecule has 0 aromatic carbocycles. The summed E-state index contributed by atoms with van der Waals surface area (Å²) in [5.74, 6) is 1.72. The molecule has 0 unspecified atom stereocenters. The molecule has 2 amide bonds. The van der Waals surface area contributed by atoms with Gasteiger partial charge in [-0.15, -0.1) is 0 Å². The van der Waals surface area contributed by atoms with Crippen LogP contribution in [0.3, 0.4) is 0 Å².